The monoisotopic (exact) mass is 310 g/mol. The highest BCUT2D eigenvalue weighted by molar-refractivity contribution is 5.90. The Bertz CT molecular complexity index is 574. The van der Waals surface area contributed by atoms with Gasteiger partial charge in [-0.05, 0) is 19.1 Å². The summed E-state index contributed by atoms with van der Waals surface area (Å²) < 4.78 is 5.01. The van der Waals surface area contributed by atoms with Crippen molar-refractivity contribution >= 4 is 23.7 Å². The van der Waals surface area contributed by atoms with Gasteiger partial charge in [-0.2, -0.15) is 0 Å². The first-order valence-corrected chi connectivity index (χ1v) is 6.41. The van der Waals surface area contributed by atoms with Crippen LogP contribution in [0.3, 0.4) is 0 Å². The SMILES string of the molecule is COc1cccc(NC(=O)NCC(C)(CC(=O)O)C(=O)O)c1. The number of hydrogen-bond donors (Lipinski definition) is 4. The lowest BCUT2D eigenvalue weighted by molar-refractivity contribution is -0.154. The molecule has 0 bridgehead atoms. The molecule has 22 heavy (non-hydrogen) atoms. The number of urea groups is 1. The number of carbonyl (C=O) groups excluding carboxylic acids is 1. The number of hydrogen-bond acceptors (Lipinski definition) is 4. The summed E-state index contributed by atoms with van der Waals surface area (Å²) >= 11 is 0. The molecule has 1 rings (SSSR count). The molecule has 0 radical (unpaired) electrons. The number of methoxy groups -OCH3 is 1. The second-order valence-corrected chi connectivity index (χ2v) is 4.98. The Morgan fingerprint density at radius 3 is 2.50 bits per heavy atom. The van der Waals surface area contributed by atoms with Crippen LogP contribution in [-0.2, 0) is 9.59 Å². The molecule has 1 aromatic rings. The van der Waals surface area contributed by atoms with Crippen molar-refractivity contribution < 1.29 is 29.3 Å². The van der Waals surface area contributed by atoms with E-state index >= 15 is 0 Å². The average molecular weight is 310 g/mol. The first kappa shape index (κ1) is 17.3. The molecule has 0 heterocycles. The van der Waals surface area contributed by atoms with Gasteiger partial charge in [-0.15, -0.1) is 0 Å². The minimum Gasteiger partial charge on any atom is -0.497 e. The molecule has 8 nitrogen and oxygen atoms in total. The van der Waals surface area contributed by atoms with Crippen LogP contribution >= 0.6 is 0 Å². The number of carbonyl (C=O) groups is 3. The van der Waals surface area contributed by atoms with Crippen LogP contribution in [0.4, 0.5) is 10.5 Å². The normalized spacial score (nSPS) is 12.8. The molecule has 0 spiro atoms. The van der Waals surface area contributed by atoms with E-state index in [-0.39, 0.29) is 6.54 Å². The van der Waals surface area contributed by atoms with E-state index in [1.54, 1.807) is 24.3 Å². The zero-order valence-electron chi connectivity index (χ0n) is 12.3. The number of amides is 2. The summed E-state index contributed by atoms with van der Waals surface area (Å²) in [6, 6.07) is 5.98. The van der Waals surface area contributed by atoms with E-state index in [0.29, 0.717) is 11.4 Å². The molecule has 4 N–H and O–H groups in total. The Morgan fingerprint density at radius 2 is 1.95 bits per heavy atom. The van der Waals surface area contributed by atoms with E-state index in [0.717, 1.165) is 0 Å². The van der Waals surface area contributed by atoms with Crippen LogP contribution in [0.15, 0.2) is 24.3 Å². The molecule has 0 saturated carbocycles. The van der Waals surface area contributed by atoms with Crippen molar-refractivity contribution in [1.82, 2.24) is 5.32 Å². The fourth-order valence-electron chi connectivity index (χ4n) is 1.70. The molecule has 8 heteroatoms. The number of ether oxygens (including phenoxy) is 1. The number of benzene rings is 1. The van der Waals surface area contributed by atoms with Crippen molar-refractivity contribution in [2.45, 2.75) is 13.3 Å². The van der Waals surface area contributed by atoms with Gasteiger partial charge in [0.1, 0.15) is 5.75 Å². The smallest absolute Gasteiger partial charge is 0.319 e. The Kier molecular flexibility index (Phi) is 5.73. The van der Waals surface area contributed by atoms with Gasteiger partial charge in [0, 0.05) is 18.3 Å². The average Bonchev–Trinajstić information content (AvgIpc) is 2.44. The third kappa shape index (κ3) is 4.97. The molecule has 0 aliphatic heterocycles. The summed E-state index contributed by atoms with van der Waals surface area (Å²) in [5, 5.41) is 22.7. The third-order valence-electron chi connectivity index (χ3n) is 3.02. The van der Waals surface area contributed by atoms with Crippen molar-refractivity contribution in [3.8, 4) is 5.75 Å². The van der Waals surface area contributed by atoms with Crippen molar-refractivity contribution in [2.75, 3.05) is 19.0 Å². The van der Waals surface area contributed by atoms with Crippen LogP contribution in [0.25, 0.3) is 0 Å². The first-order chi connectivity index (χ1) is 10.3. The largest absolute Gasteiger partial charge is 0.497 e. The number of carboxylic acids is 2. The maximum absolute atomic E-state index is 11.8. The van der Waals surface area contributed by atoms with Gasteiger partial charge in [0.05, 0.1) is 18.9 Å². The van der Waals surface area contributed by atoms with Gasteiger partial charge in [-0.1, -0.05) is 6.07 Å². The highest BCUT2D eigenvalue weighted by atomic mass is 16.5. The van der Waals surface area contributed by atoms with Crippen molar-refractivity contribution in [3.63, 3.8) is 0 Å². The molecule has 0 aliphatic rings. The summed E-state index contributed by atoms with van der Waals surface area (Å²) in [5.74, 6) is -1.99. The van der Waals surface area contributed by atoms with Gasteiger partial charge >= 0.3 is 18.0 Å². The lowest BCUT2D eigenvalue weighted by Gasteiger charge is -2.23. The van der Waals surface area contributed by atoms with E-state index < -0.39 is 29.8 Å². The van der Waals surface area contributed by atoms with Gasteiger partial charge in [-0.25, -0.2) is 4.79 Å². The summed E-state index contributed by atoms with van der Waals surface area (Å²) in [7, 11) is 1.49. The molecule has 0 aromatic heterocycles. The van der Waals surface area contributed by atoms with Crippen LogP contribution in [0.2, 0.25) is 0 Å². The van der Waals surface area contributed by atoms with Crippen LogP contribution in [-0.4, -0.2) is 41.8 Å². The molecule has 1 aromatic carbocycles. The highest BCUT2D eigenvalue weighted by Gasteiger charge is 2.36. The Balaban J connectivity index is 2.64. The lowest BCUT2D eigenvalue weighted by atomic mass is 9.87. The summed E-state index contributed by atoms with van der Waals surface area (Å²) in [6.45, 7) is 0.944. The molecule has 0 aliphatic carbocycles. The fourth-order valence-corrected chi connectivity index (χ4v) is 1.70. The molecule has 0 fully saturated rings. The fraction of sp³-hybridized carbons (Fsp3) is 0.357. The molecule has 2 amide bonds. The molecular formula is C14H18N2O6. The van der Waals surface area contributed by atoms with Crippen LogP contribution in [0, 0.1) is 5.41 Å². The van der Waals surface area contributed by atoms with Gasteiger partial charge in [0.2, 0.25) is 0 Å². The number of rotatable bonds is 7. The zero-order chi connectivity index (χ0) is 16.8. The quantitative estimate of drug-likeness (QED) is 0.603. The maximum atomic E-state index is 11.8. The second-order valence-electron chi connectivity index (χ2n) is 4.98. The highest BCUT2D eigenvalue weighted by Crippen LogP contribution is 2.21. The third-order valence-corrected chi connectivity index (χ3v) is 3.02. The Hall–Kier alpha value is -2.77. The predicted octanol–water partition coefficient (Wildman–Crippen LogP) is 1.38. The standard InChI is InChI=1S/C14H18N2O6/c1-14(12(19)20,7-11(17)18)8-15-13(21)16-9-4-3-5-10(6-9)22-2/h3-6H,7-8H2,1-2H3,(H,17,18)(H,19,20)(H2,15,16,21). The minimum absolute atomic E-state index is 0.315. The van der Waals surface area contributed by atoms with Crippen LogP contribution < -0.4 is 15.4 Å². The zero-order valence-corrected chi connectivity index (χ0v) is 12.3. The van der Waals surface area contributed by atoms with Gasteiger partial charge in [0.25, 0.3) is 0 Å². The van der Waals surface area contributed by atoms with E-state index in [2.05, 4.69) is 10.6 Å². The van der Waals surface area contributed by atoms with Crippen molar-refractivity contribution in [3.05, 3.63) is 24.3 Å². The predicted molar refractivity (Wildman–Crippen MR) is 78.0 cm³/mol. The number of carboxylic acid groups (broad SMARTS) is 2. The summed E-state index contributed by atoms with van der Waals surface area (Å²) in [4.78, 5) is 33.6. The topological polar surface area (TPSA) is 125 Å². The lowest BCUT2D eigenvalue weighted by Crippen LogP contribution is -2.43. The van der Waals surface area contributed by atoms with E-state index in [9.17, 15) is 14.4 Å². The summed E-state index contributed by atoms with van der Waals surface area (Å²) in [6.07, 6.45) is -0.595. The minimum atomic E-state index is -1.59. The Morgan fingerprint density at radius 1 is 1.27 bits per heavy atom. The molecule has 1 unspecified atom stereocenters. The molecule has 0 saturated heterocycles. The van der Waals surface area contributed by atoms with Gasteiger partial charge < -0.3 is 25.6 Å². The van der Waals surface area contributed by atoms with E-state index in [1.807, 2.05) is 0 Å². The summed E-state index contributed by atoms with van der Waals surface area (Å²) in [5.41, 5.74) is -1.12. The second kappa shape index (κ2) is 7.30. The molecule has 1 atom stereocenters. The van der Waals surface area contributed by atoms with Crippen LogP contribution in [0.5, 0.6) is 5.75 Å². The van der Waals surface area contributed by atoms with E-state index in [1.165, 1.54) is 14.0 Å². The number of nitrogens with one attached hydrogen (secondary N) is 2. The van der Waals surface area contributed by atoms with E-state index in [4.69, 9.17) is 14.9 Å². The van der Waals surface area contributed by atoms with Crippen LogP contribution in [0.1, 0.15) is 13.3 Å². The maximum Gasteiger partial charge on any atom is 0.319 e. The van der Waals surface area contributed by atoms with Gasteiger partial charge in [0.15, 0.2) is 0 Å². The molecular weight excluding hydrogens is 292 g/mol. The number of aliphatic carboxylic acids is 2. The Labute approximate surface area is 127 Å². The van der Waals surface area contributed by atoms with Crippen molar-refractivity contribution in [2.24, 2.45) is 5.41 Å². The van der Waals surface area contributed by atoms with Gasteiger partial charge in [-0.3, -0.25) is 9.59 Å². The van der Waals surface area contributed by atoms with Crippen molar-refractivity contribution in [1.29, 1.82) is 0 Å². The first-order valence-electron chi connectivity index (χ1n) is 6.41. The number of anilines is 1. The molecule has 120 valence electrons.